The summed E-state index contributed by atoms with van der Waals surface area (Å²) in [4.78, 5) is 11.8. The van der Waals surface area contributed by atoms with Gasteiger partial charge in [-0.1, -0.05) is 0 Å². The Morgan fingerprint density at radius 2 is 1.24 bits per heavy atom. The maximum atomic E-state index is 11.8. The molecule has 0 unspecified atom stereocenters. The first-order valence-electron chi connectivity index (χ1n) is 7.17. The van der Waals surface area contributed by atoms with Crippen LogP contribution in [0.1, 0.15) is 78.6 Å². The van der Waals surface area contributed by atoms with Crippen LogP contribution in [0.2, 0.25) is 0 Å². The molecule has 1 nitrogen and oxygen atoms in total. The standard InChI is InChI=1S/C15H27O.Sn.H/c1-4-7-10-14(11-8-5-2)15(13-16)12-9-6-3;;/h4-12H2,1-3H3;;. The average Bonchev–Trinajstić information content (AvgIpc) is 2.31. The van der Waals surface area contributed by atoms with E-state index < -0.39 is 0 Å². The Morgan fingerprint density at radius 1 is 0.824 bits per heavy atom. The van der Waals surface area contributed by atoms with Crippen LogP contribution in [0.3, 0.4) is 0 Å². The molecular formula is C15H28OSn. The van der Waals surface area contributed by atoms with Crippen molar-refractivity contribution < 1.29 is 4.79 Å². The Bertz CT molecular complexity index is 233. The fraction of sp³-hybridized carbons (Fsp3) is 0.800. The average molecular weight is 343 g/mol. The van der Waals surface area contributed by atoms with E-state index in [1.807, 2.05) is 0 Å². The Hall–Kier alpha value is 0.209. The van der Waals surface area contributed by atoms with Crippen LogP contribution in [0.15, 0.2) is 11.1 Å². The van der Waals surface area contributed by atoms with Crippen LogP contribution in [0.5, 0.6) is 0 Å². The van der Waals surface area contributed by atoms with E-state index >= 15 is 0 Å². The van der Waals surface area contributed by atoms with Crippen molar-refractivity contribution in [1.29, 1.82) is 0 Å². The van der Waals surface area contributed by atoms with Gasteiger partial charge in [0, 0.05) is 0 Å². The minimum atomic E-state index is 0.436. The van der Waals surface area contributed by atoms with Crippen LogP contribution in [0.25, 0.3) is 0 Å². The Kier molecular flexibility index (Phi) is 11.4. The van der Waals surface area contributed by atoms with Crippen LogP contribution >= 0.6 is 0 Å². The van der Waals surface area contributed by atoms with Gasteiger partial charge < -0.3 is 0 Å². The number of carbonyl (C=O) groups excluding carboxylic acids is 1. The van der Waals surface area contributed by atoms with Crippen molar-refractivity contribution in [1.82, 2.24) is 0 Å². The van der Waals surface area contributed by atoms with Gasteiger partial charge in [0.1, 0.15) is 0 Å². The van der Waals surface area contributed by atoms with E-state index in [4.69, 9.17) is 0 Å². The summed E-state index contributed by atoms with van der Waals surface area (Å²) in [7, 11) is 0. The van der Waals surface area contributed by atoms with E-state index in [2.05, 4.69) is 20.8 Å². The molecule has 0 aromatic heterocycles. The molecule has 0 amide bonds. The van der Waals surface area contributed by atoms with Gasteiger partial charge in [-0.25, -0.2) is 0 Å². The second-order valence-corrected chi connectivity index (χ2v) is 6.25. The molecule has 0 spiro atoms. The maximum absolute atomic E-state index is 11.8. The number of hydrogen-bond donors (Lipinski definition) is 0. The quantitative estimate of drug-likeness (QED) is 0.427. The molecule has 0 N–H and O–H groups in total. The monoisotopic (exact) mass is 344 g/mol. The van der Waals surface area contributed by atoms with E-state index in [9.17, 15) is 4.79 Å². The van der Waals surface area contributed by atoms with Crippen LogP contribution in [0.4, 0.5) is 0 Å². The molecule has 0 bridgehead atoms. The van der Waals surface area contributed by atoms with Crippen molar-refractivity contribution in [2.24, 2.45) is 0 Å². The summed E-state index contributed by atoms with van der Waals surface area (Å²) in [6.45, 7) is 6.66. The molecule has 98 valence electrons. The molecule has 0 aromatic rings. The number of carbonyl (C=O) groups is 1. The molecule has 0 atom stereocenters. The Labute approximate surface area is 121 Å². The van der Waals surface area contributed by atoms with Crippen molar-refractivity contribution in [2.45, 2.75) is 78.6 Å². The number of rotatable bonds is 10. The topological polar surface area (TPSA) is 17.1 Å². The van der Waals surface area contributed by atoms with E-state index in [1.54, 1.807) is 0 Å². The second kappa shape index (κ2) is 11.3. The van der Waals surface area contributed by atoms with Crippen molar-refractivity contribution in [2.75, 3.05) is 0 Å². The van der Waals surface area contributed by atoms with Gasteiger partial charge >= 0.3 is 121 Å². The number of unbranched alkanes of at least 4 members (excludes halogenated alkanes) is 3. The van der Waals surface area contributed by atoms with Gasteiger partial charge in [-0.3, -0.25) is 0 Å². The Morgan fingerprint density at radius 3 is 1.59 bits per heavy atom. The van der Waals surface area contributed by atoms with Gasteiger partial charge in [0.15, 0.2) is 0 Å². The summed E-state index contributed by atoms with van der Waals surface area (Å²) in [5.41, 5.74) is 2.69. The zero-order valence-electron chi connectivity index (χ0n) is 11.8. The minimum absolute atomic E-state index is 0.436. The molecule has 2 heteroatoms. The summed E-state index contributed by atoms with van der Waals surface area (Å²) in [5.74, 6) is 0. The zero-order chi connectivity index (χ0) is 13.1. The number of hydrogen-bond acceptors (Lipinski definition) is 1. The summed E-state index contributed by atoms with van der Waals surface area (Å²) in [6, 6.07) is 0. The third-order valence-corrected chi connectivity index (χ3v) is 4.16. The summed E-state index contributed by atoms with van der Waals surface area (Å²) in [6.07, 6.45) is 10.6. The van der Waals surface area contributed by atoms with Crippen LogP contribution in [-0.2, 0) is 4.79 Å². The van der Waals surface area contributed by atoms with Crippen LogP contribution in [0, 0.1) is 0 Å². The number of allylic oxidation sites excluding steroid dienone is 2. The summed E-state index contributed by atoms with van der Waals surface area (Å²) in [5, 5.41) is 0. The summed E-state index contributed by atoms with van der Waals surface area (Å²) < 4.78 is 0.436. The van der Waals surface area contributed by atoms with E-state index in [0.29, 0.717) is 3.80 Å². The fourth-order valence-corrected chi connectivity index (χ4v) is 3.03. The third-order valence-electron chi connectivity index (χ3n) is 3.17. The van der Waals surface area contributed by atoms with Crippen molar-refractivity contribution in [3.8, 4) is 0 Å². The predicted molar refractivity (Wildman–Crippen MR) is 77.8 cm³/mol. The fourth-order valence-electron chi connectivity index (χ4n) is 2.03. The van der Waals surface area contributed by atoms with Gasteiger partial charge in [0.2, 0.25) is 0 Å². The van der Waals surface area contributed by atoms with Crippen LogP contribution in [-0.4, -0.2) is 26.3 Å². The van der Waals surface area contributed by atoms with Gasteiger partial charge in [0.25, 0.3) is 0 Å². The molecule has 17 heavy (non-hydrogen) atoms. The predicted octanol–water partition coefficient (Wildman–Crippen LogP) is 4.28. The SMILES string of the molecule is CCCCC(CCCC)=C(CCCC)[C](=O)[SnH]. The van der Waals surface area contributed by atoms with Gasteiger partial charge in [-0.2, -0.15) is 0 Å². The van der Waals surface area contributed by atoms with Crippen LogP contribution < -0.4 is 0 Å². The zero-order valence-corrected chi connectivity index (χ0v) is 15.1. The molecule has 0 aliphatic carbocycles. The first-order chi connectivity index (χ1) is 8.17. The van der Waals surface area contributed by atoms with Crippen molar-refractivity contribution in [3.05, 3.63) is 11.1 Å². The van der Waals surface area contributed by atoms with Crippen molar-refractivity contribution in [3.63, 3.8) is 0 Å². The van der Waals surface area contributed by atoms with Crippen molar-refractivity contribution >= 4 is 26.3 Å². The van der Waals surface area contributed by atoms with Gasteiger partial charge in [0.05, 0.1) is 0 Å². The molecule has 0 saturated carbocycles. The molecule has 0 heterocycles. The van der Waals surface area contributed by atoms with E-state index in [-0.39, 0.29) is 0 Å². The second-order valence-electron chi connectivity index (χ2n) is 4.76. The molecule has 0 aromatic carbocycles. The normalized spacial score (nSPS) is 10.4. The third kappa shape index (κ3) is 8.01. The molecular weight excluding hydrogens is 315 g/mol. The first kappa shape index (κ1) is 17.2. The molecule has 0 aliphatic heterocycles. The summed E-state index contributed by atoms with van der Waals surface area (Å²) >= 11 is 0.755. The van der Waals surface area contributed by atoms with E-state index in [1.165, 1.54) is 49.7 Å². The molecule has 2 radical (unpaired) electrons. The molecule has 0 aliphatic rings. The van der Waals surface area contributed by atoms with Gasteiger partial charge in [-0.05, 0) is 0 Å². The Balaban J connectivity index is 4.73. The molecule has 0 saturated heterocycles. The molecule has 0 fully saturated rings. The van der Waals surface area contributed by atoms with E-state index in [0.717, 1.165) is 41.8 Å². The molecule has 0 rings (SSSR count). The van der Waals surface area contributed by atoms with Gasteiger partial charge in [-0.15, -0.1) is 0 Å². The first-order valence-corrected chi connectivity index (χ1v) is 8.82.